The summed E-state index contributed by atoms with van der Waals surface area (Å²) >= 11 is 0. The lowest BCUT2D eigenvalue weighted by Crippen LogP contribution is -2.28. The van der Waals surface area contributed by atoms with Gasteiger partial charge in [0.1, 0.15) is 23.0 Å². The molecule has 0 unspecified atom stereocenters. The first-order valence-corrected chi connectivity index (χ1v) is 8.17. The molecule has 2 aromatic heterocycles. The summed E-state index contributed by atoms with van der Waals surface area (Å²) in [5.41, 5.74) is 1.81. The van der Waals surface area contributed by atoms with Crippen molar-refractivity contribution in [3.63, 3.8) is 0 Å². The smallest absolute Gasteiger partial charge is 0.277 e. The lowest BCUT2D eigenvalue weighted by Gasteiger charge is -2.18. The first kappa shape index (κ1) is 16.8. The van der Waals surface area contributed by atoms with E-state index < -0.39 is 0 Å². The van der Waals surface area contributed by atoms with E-state index in [-0.39, 0.29) is 23.2 Å². The highest BCUT2D eigenvalue weighted by Gasteiger charge is 2.24. The molecule has 2 heterocycles. The molecule has 1 amide bonds. The molecule has 0 saturated heterocycles. The van der Waals surface area contributed by atoms with Gasteiger partial charge >= 0.3 is 0 Å². The quantitative estimate of drug-likeness (QED) is 0.553. The molecule has 0 atom stereocenters. The van der Waals surface area contributed by atoms with Crippen molar-refractivity contribution in [2.75, 3.05) is 11.9 Å². The molecule has 0 saturated carbocycles. The van der Waals surface area contributed by atoms with Crippen molar-refractivity contribution in [3.05, 3.63) is 84.3 Å². The first-order chi connectivity index (χ1) is 13.0. The average molecular weight is 364 g/mol. The van der Waals surface area contributed by atoms with Gasteiger partial charge in [-0.1, -0.05) is 0 Å². The van der Waals surface area contributed by atoms with E-state index in [1.165, 1.54) is 41.3 Å². The van der Waals surface area contributed by atoms with E-state index in [4.69, 9.17) is 0 Å². The van der Waals surface area contributed by atoms with Gasteiger partial charge in [-0.3, -0.25) is 9.20 Å². The Labute approximate surface area is 153 Å². The van der Waals surface area contributed by atoms with E-state index in [0.717, 1.165) is 0 Å². The van der Waals surface area contributed by atoms with Crippen molar-refractivity contribution in [2.24, 2.45) is 0 Å². The van der Waals surface area contributed by atoms with Crippen LogP contribution in [0.5, 0.6) is 0 Å². The highest BCUT2D eigenvalue weighted by atomic mass is 19.1. The number of benzene rings is 2. The van der Waals surface area contributed by atoms with Gasteiger partial charge in [0.05, 0.1) is 0 Å². The molecular formula is C20H14F2N4O. The van der Waals surface area contributed by atoms with Gasteiger partial charge < -0.3 is 4.90 Å². The second kappa shape index (κ2) is 6.60. The second-order valence-corrected chi connectivity index (χ2v) is 5.95. The van der Waals surface area contributed by atoms with E-state index in [0.29, 0.717) is 22.7 Å². The zero-order valence-electron chi connectivity index (χ0n) is 14.3. The topological polar surface area (TPSA) is 50.5 Å². The van der Waals surface area contributed by atoms with Crippen LogP contribution in [0.4, 0.5) is 14.5 Å². The predicted molar refractivity (Wildman–Crippen MR) is 97.5 cm³/mol. The van der Waals surface area contributed by atoms with Crippen molar-refractivity contribution >= 4 is 17.4 Å². The predicted octanol–water partition coefficient (Wildman–Crippen LogP) is 3.95. The molecule has 0 aliphatic carbocycles. The van der Waals surface area contributed by atoms with Crippen LogP contribution in [0.25, 0.3) is 17.0 Å². The molecule has 4 aromatic rings. The van der Waals surface area contributed by atoms with Gasteiger partial charge in [0, 0.05) is 30.7 Å². The average Bonchev–Trinajstić information content (AvgIpc) is 3.07. The second-order valence-electron chi connectivity index (χ2n) is 5.95. The van der Waals surface area contributed by atoms with Gasteiger partial charge in [0.25, 0.3) is 5.91 Å². The molecule has 0 fully saturated rings. The van der Waals surface area contributed by atoms with E-state index in [1.807, 2.05) is 0 Å². The van der Waals surface area contributed by atoms with E-state index >= 15 is 0 Å². The highest BCUT2D eigenvalue weighted by Crippen LogP contribution is 2.26. The van der Waals surface area contributed by atoms with Gasteiger partial charge in [0.2, 0.25) is 5.78 Å². The normalized spacial score (nSPS) is 10.9. The minimum Gasteiger partial charge on any atom is -0.310 e. The summed E-state index contributed by atoms with van der Waals surface area (Å²) in [5.74, 6) is -0.753. The fraction of sp³-hybridized carbons (Fsp3) is 0.0500. The van der Waals surface area contributed by atoms with Crippen molar-refractivity contribution in [1.82, 2.24) is 14.4 Å². The molecule has 0 aliphatic rings. The fourth-order valence-corrected chi connectivity index (χ4v) is 2.84. The number of rotatable bonds is 3. The van der Waals surface area contributed by atoms with E-state index in [2.05, 4.69) is 9.97 Å². The number of anilines is 1. The zero-order chi connectivity index (χ0) is 19.0. The van der Waals surface area contributed by atoms with Crippen molar-refractivity contribution < 1.29 is 13.6 Å². The van der Waals surface area contributed by atoms with Crippen LogP contribution in [0.15, 0.2) is 67.0 Å². The van der Waals surface area contributed by atoms with Gasteiger partial charge in [0.15, 0.2) is 0 Å². The molecule has 0 aliphatic heterocycles. The number of aromatic nitrogens is 3. The number of carbonyl (C=O) groups excluding carboxylic acids is 1. The van der Waals surface area contributed by atoms with Crippen LogP contribution >= 0.6 is 0 Å². The summed E-state index contributed by atoms with van der Waals surface area (Å²) in [4.78, 5) is 23.3. The van der Waals surface area contributed by atoms with Crippen molar-refractivity contribution in [2.45, 2.75) is 0 Å². The third kappa shape index (κ3) is 3.03. The number of imidazole rings is 1. The van der Waals surface area contributed by atoms with E-state index in [1.54, 1.807) is 42.0 Å². The maximum Gasteiger partial charge on any atom is 0.277 e. The summed E-state index contributed by atoms with van der Waals surface area (Å²) < 4.78 is 28.1. The molecule has 0 bridgehead atoms. The number of halogens is 2. The largest absolute Gasteiger partial charge is 0.310 e. The number of fused-ring (bicyclic) bond motifs is 1. The van der Waals surface area contributed by atoms with Crippen LogP contribution in [-0.2, 0) is 0 Å². The van der Waals surface area contributed by atoms with Crippen LogP contribution in [-0.4, -0.2) is 27.3 Å². The van der Waals surface area contributed by atoms with Crippen LogP contribution in [0.2, 0.25) is 0 Å². The summed E-state index contributed by atoms with van der Waals surface area (Å²) in [5, 5.41) is 0. The maximum atomic E-state index is 13.3. The molecule has 134 valence electrons. The molecule has 0 radical (unpaired) electrons. The SMILES string of the molecule is CN(C(=O)c1c(-c2ccc(F)cc2)nc2ncccn12)c1ccc(F)cc1. The third-order valence-corrected chi connectivity index (χ3v) is 4.24. The number of carbonyl (C=O) groups is 1. The first-order valence-electron chi connectivity index (χ1n) is 8.17. The Bertz CT molecular complexity index is 1120. The summed E-state index contributed by atoms with van der Waals surface area (Å²) in [6, 6.07) is 13.1. The molecule has 4 rings (SSSR count). The molecule has 7 heteroatoms. The number of hydrogen-bond acceptors (Lipinski definition) is 3. The Hall–Kier alpha value is -3.61. The summed E-state index contributed by atoms with van der Waals surface area (Å²) in [6.07, 6.45) is 3.27. The molecule has 27 heavy (non-hydrogen) atoms. The van der Waals surface area contributed by atoms with Gasteiger partial charge in [-0.05, 0) is 54.6 Å². The highest BCUT2D eigenvalue weighted by molar-refractivity contribution is 6.08. The Morgan fingerprint density at radius 3 is 2.30 bits per heavy atom. The lowest BCUT2D eigenvalue weighted by molar-refractivity contribution is 0.0988. The maximum absolute atomic E-state index is 13.3. The lowest BCUT2D eigenvalue weighted by atomic mass is 10.1. The third-order valence-electron chi connectivity index (χ3n) is 4.24. The van der Waals surface area contributed by atoms with Crippen molar-refractivity contribution in [1.29, 1.82) is 0 Å². The number of nitrogens with zero attached hydrogens (tertiary/aromatic N) is 4. The van der Waals surface area contributed by atoms with Gasteiger partial charge in [-0.25, -0.2) is 18.7 Å². The van der Waals surface area contributed by atoms with Crippen LogP contribution in [0.1, 0.15) is 10.5 Å². The number of amides is 1. The monoisotopic (exact) mass is 364 g/mol. The van der Waals surface area contributed by atoms with Crippen LogP contribution in [0, 0.1) is 11.6 Å². The minimum atomic E-state index is -0.384. The van der Waals surface area contributed by atoms with Gasteiger partial charge in [-0.2, -0.15) is 0 Å². The van der Waals surface area contributed by atoms with E-state index in [9.17, 15) is 13.6 Å². The Morgan fingerprint density at radius 2 is 1.63 bits per heavy atom. The Morgan fingerprint density at radius 1 is 1.00 bits per heavy atom. The summed E-state index contributed by atoms with van der Waals surface area (Å²) in [6.45, 7) is 0. The summed E-state index contributed by atoms with van der Waals surface area (Å²) in [7, 11) is 1.60. The van der Waals surface area contributed by atoms with Crippen LogP contribution in [0.3, 0.4) is 0 Å². The zero-order valence-corrected chi connectivity index (χ0v) is 14.3. The van der Waals surface area contributed by atoms with Crippen molar-refractivity contribution in [3.8, 4) is 11.3 Å². The molecular weight excluding hydrogens is 350 g/mol. The number of hydrogen-bond donors (Lipinski definition) is 0. The van der Waals surface area contributed by atoms with Crippen LogP contribution < -0.4 is 4.90 Å². The molecule has 0 spiro atoms. The Kier molecular flexibility index (Phi) is 4.12. The fourth-order valence-electron chi connectivity index (χ4n) is 2.84. The Balaban J connectivity index is 1.86. The standard InChI is InChI=1S/C20H14F2N4O/c1-25(16-9-7-15(22)8-10-16)19(27)18-17(13-3-5-14(21)6-4-13)24-20-23-11-2-12-26(18)20/h2-12H,1H3. The minimum absolute atomic E-state index is 0.288. The molecule has 2 aromatic carbocycles. The molecule has 0 N–H and O–H groups in total. The molecule has 5 nitrogen and oxygen atoms in total. The van der Waals surface area contributed by atoms with Gasteiger partial charge in [-0.15, -0.1) is 0 Å².